The van der Waals surface area contributed by atoms with Crippen LogP contribution in [0.4, 0.5) is 5.82 Å². The van der Waals surface area contributed by atoms with Crippen molar-refractivity contribution in [3.63, 3.8) is 0 Å². The molecule has 0 aliphatic carbocycles. The number of aromatic nitrogens is 1. The first-order chi connectivity index (χ1) is 7.18. The highest BCUT2D eigenvalue weighted by Crippen LogP contribution is 2.33. The zero-order valence-corrected chi connectivity index (χ0v) is 10.9. The van der Waals surface area contributed by atoms with Crippen LogP contribution in [0.2, 0.25) is 0 Å². The molecule has 2 nitrogen and oxygen atoms in total. The normalized spacial score (nSPS) is 10.3. The first-order valence-electron chi connectivity index (χ1n) is 4.35. The van der Waals surface area contributed by atoms with E-state index in [1.54, 1.807) is 6.07 Å². The van der Waals surface area contributed by atoms with E-state index < -0.39 is 0 Å². The Morgan fingerprint density at radius 3 is 2.13 bits per heavy atom. The summed E-state index contributed by atoms with van der Waals surface area (Å²) in [6, 6.07) is 11.5. The van der Waals surface area contributed by atoms with Crippen molar-refractivity contribution in [2.75, 3.05) is 5.73 Å². The SMILES string of the molecule is Nc1cccc(-c2c(Br)cccc2Br)n1. The summed E-state index contributed by atoms with van der Waals surface area (Å²) in [5.74, 6) is 0.523. The fourth-order valence-corrected chi connectivity index (χ4v) is 2.74. The number of hydrogen-bond acceptors (Lipinski definition) is 2. The van der Waals surface area contributed by atoms with Crippen molar-refractivity contribution in [3.8, 4) is 11.3 Å². The lowest BCUT2D eigenvalue weighted by atomic mass is 10.1. The molecule has 15 heavy (non-hydrogen) atoms. The Morgan fingerprint density at radius 1 is 0.933 bits per heavy atom. The summed E-state index contributed by atoms with van der Waals surface area (Å²) in [6.07, 6.45) is 0. The highest BCUT2D eigenvalue weighted by Gasteiger charge is 2.08. The number of benzene rings is 1. The zero-order valence-electron chi connectivity index (χ0n) is 7.74. The van der Waals surface area contributed by atoms with Crippen molar-refractivity contribution in [1.29, 1.82) is 0 Å². The van der Waals surface area contributed by atoms with Gasteiger partial charge in [0.25, 0.3) is 0 Å². The number of rotatable bonds is 1. The maximum atomic E-state index is 5.65. The number of pyridine rings is 1. The lowest BCUT2D eigenvalue weighted by molar-refractivity contribution is 1.32. The van der Waals surface area contributed by atoms with E-state index in [0.29, 0.717) is 5.82 Å². The Morgan fingerprint density at radius 2 is 1.53 bits per heavy atom. The van der Waals surface area contributed by atoms with E-state index >= 15 is 0 Å². The Bertz CT molecular complexity index is 477. The van der Waals surface area contributed by atoms with Gasteiger partial charge in [0, 0.05) is 14.5 Å². The minimum Gasteiger partial charge on any atom is -0.384 e. The second kappa shape index (κ2) is 4.33. The Balaban J connectivity index is 2.63. The summed E-state index contributed by atoms with van der Waals surface area (Å²) in [7, 11) is 0. The number of nitrogens with zero attached hydrogens (tertiary/aromatic N) is 1. The molecule has 4 heteroatoms. The van der Waals surface area contributed by atoms with Crippen LogP contribution in [0.3, 0.4) is 0 Å². The molecule has 2 N–H and O–H groups in total. The molecule has 0 aliphatic heterocycles. The highest BCUT2D eigenvalue weighted by molar-refractivity contribution is 9.11. The molecular formula is C11H8Br2N2. The quantitative estimate of drug-likeness (QED) is 0.863. The molecule has 0 unspecified atom stereocenters. The Kier molecular flexibility index (Phi) is 3.07. The van der Waals surface area contributed by atoms with Gasteiger partial charge in [-0.15, -0.1) is 0 Å². The van der Waals surface area contributed by atoms with Gasteiger partial charge in [-0.1, -0.05) is 44.0 Å². The van der Waals surface area contributed by atoms with Gasteiger partial charge in [-0.2, -0.15) is 0 Å². The topological polar surface area (TPSA) is 38.9 Å². The predicted molar refractivity (Wildman–Crippen MR) is 69.5 cm³/mol. The molecule has 0 amide bonds. The van der Waals surface area contributed by atoms with Gasteiger partial charge < -0.3 is 5.73 Å². The van der Waals surface area contributed by atoms with Crippen LogP contribution in [-0.4, -0.2) is 4.98 Å². The fourth-order valence-electron chi connectivity index (χ4n) is 1.33. The lowest BCUT2D eigenvalue weighted by Crippen LogP contribution is -1.92. The molecular weight excluding hydrogens is 320 g/mol. The lowest BCUT2D eigenvalue weighted by Gasteiger charge is -2.06. The van der Waals surface area contributed by atoms with E-state index in [1.807, 2.05) is 30.3 Å². The number of halogens is 2. The van der Waals surface area contributed by atoms with Crippen molar-refractivity contribution in [1.82, 2.24) is 4.98 Å². The molecule has 2 rings (SSSR count). The Labute approximate surface area is 105 Å². The molecule has 0 fully saturated rings. The van der Waals surface area contributed by atoms with Crippen molar-refractivity contribution in [2.45, 2.75) is 0 Å². The average molecular weight is 328 g/mol. The number of anilines is 1. The summed E-state index contributed by atoms with van der Waals surface area (Å²) in [4.78, 5) is 4.28. The van der Waals surface area contributed by atoms with Crippen molar-refractivity contribution in [3.05, 3.63) is 45.3 Å². The van der Waals surface area contributed by atoms with Crippen LogP contribution in [-0.2, 0) is 0 Å². The number of hydrogen-bond donors (Lipinski definition) is 1. The van der Waals surface area contributed by atoms with Gasteiger partial charge in [-0.25, -0.2) is 4.98 Å². The van der Waals surface area contributed by atoms with E-state index in [2.05, 4.69) is 36.8 Å². The summed E-state index contributed by atoms with van der Waals surface area (Å²) in [5.41, 5.74) is 7.53. The predicted octanol–water partition coefficient (Wildman–Crippen LogP) is 3.86. The molecule has 1 heterocycles. The maximum absolute atomic E-state index is 5.65. The minimum atomic E-state index is 0.523. The van der Waals surface area contributed by atoms with E-state index in [4.69, 9.17) is 5.73 Å². The largest absolute Gasteiger partial charge is 0.384 e. The van der Waals surface area contributed by atoms with Crippen LogP contribution in [0.15, 0.2) is 45.3 Å². The third-order valence-corrected chi connectivity index (χ3v) is 3.31. The molecule has 0 saturated heterocycles. The standard InChI is InChI=1S/C11H8Br2N2/c12-7-3-1-4-8(13)11(7)9-5-2-6-10(14)15-9/h1-6H,(H2,14,15). The summed E-state index contributed by atoms with van der Waals surface area (Å²) < 4.78 is 1.99. The van der Waals surface area contributed by atoms with Gasteiger partial charge >= 0.3 is 0 Å². The number of nitrogens with two attached hydrogens (primary N) is 1. The molecule has 0 atom stereocenters. The van der Waals surface area contributed by atoms with Gasteiger partial charge in [0.2, 0.25) is 0 Å². The molecule has 2 aromatic rings. The Hall–Kier alpha value is -0.870. The highest BCUT2D eigenvalue weighted by atomic mass is 79.9. The summed E-state index contributed by atoms with van der Waals surface area (Å²) >= 11 is 7.00. The maximum Gasteiger partial charge on any atom is 0.124 e. The summed E-state index contributed by atoms with van der Waals surface area (Å²) in [5, 5.41) is 0. The summed E-state index contributed by atoms with van der Waals surface area (Å²) in [6.45, 7) is 0. The minimum absolute atomic E-state index is 0.523. The van der Waals surface area contributed by atoms with Gasteiger partial charge in [0.05, 0.1) is 5.69 Å². The van der Waals surface area contributed by atoms with Crippen LogP contribution >= 0.6 is 31.9 Å². The van der Waals surface area contributed by atoms with Crippen molar-refractivity contribution in [2.24, 2.45) is 0 Å². The third kappa shape index (κ3) is 2.21. The fraction of sp³-hybridized carbons (Fsp3) is 0. The van der Waals surface area contributed by atoms with E-state index in [-0.39, 0.29) is 0 Å². The third-order valence-electron chi connectivity index (χ3n) is 1.99. The van der Waals surface area contributed by atoms with Crippen LogP contribution in [0, 0.1) is 0 Å². The van der Waals surface area contributed by atoms with Gasteiger partial charge in [-0.05, 0) is 24.3 Å². The van der Waals surface area contributed by atoms with E-state index in [9.17, 15) is 0 Å². The van der Waals surface area contributed by atoms with Crippen LogP contribution in [0.25, 0.3) is 11.3 Å². The zero-order chi connectivity index (χ0) is 10.8. The first-order valence-corrected chi connectivity index (χ1v) is 5.94. The second-order valence-corrected chi connectivity index (χ2v) is 4.75. The molecule has 0 aliphatic rings. The first kappa shape index (κ1) is 10.6. The molecule has 0 saturated carbocycles. The monoisotopic (exact) mass is 326 g/mol. The molecule has 1 aromatic heterocycles. The molecule has 1 aromatic carbocycles. The van der Waals surface area contributed by atoms with Gasteiger partial charge in [0.15, 0.2) is 0 Å². The number of nitrogen functional groups attached to an aromatic ring is 1. The van der Waals surface area contributed by atoms with E-state index in [1.165, 1.54) is 0 Å². The molecule has 0 bridgehead atoms. The second-order valence-electron chi connectivity index (χ2n) is 3.04. The van der Waals surface area contributed by atoms with Crippen LogP contribution < -0.4 is 5.73 Å². The van der Waals surface area contributed by atoms with Crippen molar-refractivity contribution >= 4 is 37.7 Å². The molecule has 0 spiro atoms. The van der Waals surface area contributed by atoms with E-state index in [0.717, 1.165) is 20.2 Å². The molecule has 0 radical (unpaired) electrons. The van der Waals surface area contributed by atoms with Crippen LogP contribution in [0.1, 0.15) is 0 Å². The average Bonchev–Trinajstić information content (AvgIpc) is 2.17. The molecule has 76 valence electrons. The van der Waals surface area contributed by atoms with Crippen molar-refractivity contribution < 1.29 is 0 Å². The smallest absolute Gasteiger partial charge is 0.124 e. The van der Waals surface area contributed by atoms with Gasteiger partial charge in [-0.3, -0.25) is 0 Å². The van der Waals surface area contributed by atoms with Crippen LogP contribution in [0.5, 0.6) is 0 Å². The van der Waals surface area contributed by atoms with Gasteiger partial charge in [0.1, 0.15) is 5.82 Å².